The van der Waals surface area contributed by atoms with Gasteiger partial charge in [-0.1, -0.05) is 6.42 Å². The van der Waals surface area contributed by atoms with E-state index >= 15 is 0 Å². The summed E-state index contributed by atoms with van der Waals surface area (Å²) in [5.41, 5.74) is 2.38. The Bertz CT molecular complexity index is 815. The van der Waals surface area contributed by atoms with Crippen LogP contribution in [0.3, 0.4) is 0 Å². The summed E-state index contributed by atoms with van der Waals surface area (Å²) < 4.78 is 1.75. The van der Waals surface area contributed by atoms with Gasteiger partial charge in [-0.05, 0) is 61.4 Å². The fraction of sp³-hybridized carbons (Fsp3) is 0.421. The van der Waals surface area contributed by atoms with Crippen LogP contribution in [0.2, 0.25) is 0 Å². The van der Waals surface area contributed by atoms with E-state index in [0.717, 1.165) is 30.5 Å². The molecule has 1 aliphatic heterocycles. The van der Waals surface area contributed by atoms with Crippen molar-refractivity contribution in [2.45, 2.75) is 32.2 Å². The minimum atomic E-state index is -0.882. The van der Waals surface area contributed by atoms with Crippen LogP contribution in [-0.2, 0) is 4.79 Å². The van der Waals surface area contributed by atoms with E-state index in [4.69, 9.17) is 0 Å². The smallest absolute Gasteiger partial charge is 0.326 e. The molecule has 6 nitrogen and oxygen atoms in total. The molecule has 0 unspecified atom stereocenters. The van der Waals surface area contributed by atoms with Gasteiger partial charge in [-0.2, -0.15) is 5.10 Å². The molecular formula is C19H21N3O3. The first-order chi connectivity index (χ1) is 12.1. The fourth-order valence-corrected chi connectivity index (χ4v) is 4.45. The van der Waals surface area contributed by atoms with Crippen molar-refractivity contribution in [2.75, 3.05) is 6.54 Å². The number of benzene rings is 1. The zero-order valence-corrected chi connectivity index (χ0v) is 14.1. The number of carbonyl (C=O) groups excluding carboxylic acids is 1. The van der Waals surface area contributed by atoms with Gasteiger partial charge in [0.2, 0.25) is 0 Å². The molecule has 1 aromatic carbocycles. The van der Waals surface area contributed by atoms with Crippen molar-refractivity contribution in [3.05, 3.63) is 47.8 Å². The Morgan fingerprint density at radius 3 is 2.80 bits per heavy atom. The molecule has 6 heteroatoms. The largest absolute Gasteiger partial charge is 0.480 e. The molecule has 1 saturated heterocycles. The molecular weight excluding hydrogens is 318 g/mol. The lowest BCUT2D eigenvalue weighted by Gasteiger charge is -2.24. The van der Waals surface area contributed by atoms with Crippen molar-refractivity contribution in [3.8, 4) is 5.69 Å². The minimum absolute atomic E-state index is 0.103. The highest BCUT2D eigenvalue weighted by molar-refractivity contribution is 5.97. The van der Waals surface area contributed by atoms with Crippen LogP contribution in [0.5, 0.6) is 0 Å². The molecule has 1 saturated carbocycles. The summed E-state index contributed by atoms with van der Waals surface area (Å²) in [5.74, 6) is -0.634. The highest BCUT2D eigenvalue weighted by Gasteiger charge is 2.49. The van der Waals surface area contributed by atoms with Gasteiger partial charge in [0, 0.05) is 24.5 Å². The lowest BCUT2D eigenvalue weighted by Crippen LogP contribution is -2.43. The summed E-state index contributed by atoms with van der Waals surface area (Å²) in [6.07, 6.45) is 6.56. The summed E-state index contributed by atoms with van der Waals surface area (Å²) in [7, 11) is 0. The Labute approximate surface area is 146 Å². The quantitative estimate of drug-likeness (QED) is 0.932. The molecule has 0 spiro atoms. The number of carboxylic acids is 1. The zero-order chi connectivity index (χ0) is 17.6. The molecule has 1 N–H and O–H groups in total. The average Bonchev–Trinajstić information content (AvgIpc) is 3.30. The van der Waals surface area contributed by atoms with E-state index < -0.39 is 12.0 Å². The number of carboxylic acid groups (broad SMARTS) is 1. The second kappa shape index (κ2) is 6.02. The molecule has 1 aliphatic carbocycles. The number of rotatable bonds is 3. The number of hydrogen-bond donors (Lipinski definition) is 1. The number of carbonyl (C=O) groups is 2. The van der Waals surface area contributed by atoms with Gasteiger partial charge in [-0.15, -0.1) is 0 Å². The van der Waals surface area contributed by atoms with Crippen LogP contribution < -0.4 is 0 Å². The number of fused-ring (bicyclic) bond motifs is 1. The van der Waals surface area contributed by atoms with Gasteiger partial charge in [0.1, 0.15) is 6.04 Å². The van der Waals surface area contributed by atoms with E-state index in [9.17, 15) is 14.7 Å². The summed E-state index contributed by atoms with van der Waals surface area (Å²) in [4.78, 5) is 26.3. The molecule has 2 heterocycles. The molecule has 2 aromatic rings. The average molecular weight is 339 g/mol. The Morgan fingerprint density at radius 1 is 1.28 bits per heavy atom. The van der Waals surface area contributed by atoms with E-state index in [0.29, 0.717) is 18.0 Å². The number of hydrogen-bond acceptors (Lipinski definition) is 3. The van der Waals surface area contributed by atoms with Crippen LogP contribution in [0.4, 0.5) is 0 Å². The lowest BCUT2D eigenvalue weighted by atomic mass is 9.94. The molecule has 25 heavy (non-hydrogen) atoms. The van der Waals surface area contributed by atoms with Crippen LogP contribution in [-0.4, -0.2) is 44.3 Å². The van der Waals surface area contributed by atoms with Crippen molar-refractivity contribution < 1.29 is 14.7 Å². The predicted octanol–water partition coefficient (Wildman–Crippen LogP) is 2.51. The van der Waals surface area contributed by atoms with Crippen LogP contribution in [0.15, 0.2) is 36.7 Å². The van der Waals surface area contributed by atoms with Crippen molar-refractivity contribution in [2.24, 2.45) is 11.8 Å². The van der Waals surface area contributed by atoms with E-state index in [-0.39, 0.29) is 11.8 Å². The third kappa shape index (κ3) is 2.62. The maximum absolute atomic E-state index is 13.0. The Balaban J connectivity index is 1.62. The molecule has 2 aliphatic rings. The minimum Gasteiger partial charge on any atom is -0.480 e. The molecule has 3 atom stereocenters. The number of aliphatic carboxylic acids is 1. The van der Waals surface area contributed by atoms with Gasteiger partial charge in [0.05, 0.1) is 5.69 Å². The fourth-order valence-electron chi connectivity index (χ4n) is 4.45. The highest BCUT2D eigenvalue weighted by Crippen LogP contribution is 2.42. The van der Waals surface area contributed by atoms with Gasteiger partial charge in [-0.3, -0.25) is 4.79 Å². The third-order valence-corrected chi connectivity index (χ3v) is 5.60. The van der Waals surface area contributed by atoms with Gasteiger partial charge in [0.15, 0.2) is 0 Å². The van der Waals surface area contributed by atoms with E-state index in [2.05, 4.69) is 5.10 Å². The second-order valence-electron chi connectivity index (χ2n) is 7.05. The molecule has 130 valence electrons. The molecule has 0 radical (unpaired) electrons. The van der Waals surface area contributed by atoms with Crippen LogP contribution in [0.1, 0.15) is 35.2 Å². The highest BCUT2D eigenvalue weighted by atomic mass is 16.4. The third-order valence-electron chi connectivity index (χ3n) is 5.60. The maximum atomic E-state index is 13.0. The van der Waals surface area contributed by atoms with E-state index in [1.54, 1.807) is 21.8 Å². The van der Waals surface area contributed by atoms with Crippen LogP contribution >= 0.6 is 0 Å². The lowest BCUT2D eigenvalue weighted by molar-refractivity contribution is -0.142. The van der Waals surface area contributed by atoms with E-state index in [1.807, 2.05) is 31.3 Å². The number of nitrogens with zero attached hydrogens (tertiary/aromatic N) is 3. The molecule has 4 rings (SSSR count). The summed E-state index contributed by atoms with van der Waals surface area (Å²) in [6, 6.07) is 6.61. The predicted molar refractivity (Wildman–Crippen MR) is 91.6 cm³/mol. The molecule has 0 bridgehead atoms. The van der Waals surface area contributed by atoms with Gasteiger partial charge >= 0.3 is 5.97 Å². The Hall–Kier alpha value is -2.63. The monoisotopic (exact) mass is 339 g/mol. The van der Waals surface area contributed by atoms with Gasteiger partial charge < -0.3 is 10.0 Å². The number of amides is 1. The summed E-state index contributed by atoms with van der Waals surface area (Å²) in [6.45, 7) is 2.49. The number of aryl methyl sites for hydroxylation is 1. The normalized spacial score (nSPS) is 25.2. The first kappa shape index (κ1) is 15.9. The molecule has 2 fully saturated rings. The van der Waals surface area contributed by atoms with Crippen molar-refractivity contribution in [1.82, 2.24) is 14.7 Å². The first-order valence-electron chi connectivity index (χ1n) is 8.70. The van der Waals surface area contributed by atoms with Crippen molar-refractivity contribution >= 4 is 11.9 Å². The topological polar surface area (TPSA) is 75.4 Å². The van der Waals surface area contributed by atoms with Crippen molar-refractivity contribution in [1.29, 1.82) is 0 Å². The first-order valence-corrected chi connectivity index (χ1v) is 8.70. The Kier molecular flexibility index (Phi) is 3.82. The number of aromatic nitrogens is 2. The van der Waals surface area contributed by atoms with Crippen LogP contribution in [0.25, 0.3) is 5.69 Å². The summed E-state index contributed by atoms with van der Waals surface area (Å²) in [5, 5.41) is 13.9. The number of likely N-dealkylation sites (tertiary alicyclic amines) is 1. The maximum Gasteiger partial charge on any atom is 0.326 e. The Morgan fingerprint density at radius 2 is 2.12 bits per heavy atom. The van der Waals surface area contributed by atoms with Gasteiger partial charge in [-0.25, -0.2) is 9.48 Å². The molecule has 1 amide bonds. The van der Waals surface area contributed by atoms with Crippen LogP contribution in [0, 0.1) is 18.8 Å². The van der Waals surface area contributed by atoms with Crippen molar-refractivity contribution in [3.63, 3.8) is 0 Å². The van der Waals surface area contributed by atoms with E-state index in [1.165, 1.54) is 0 Å². The summed E-state index contributed by atoms with van der Waals surface area (Å²) >= 11 is 0. The van der Waals surface area contributed by atoms with Gasteiger partial charge in [0.25, 0.3) is 5.91 Å². The standard InChI is InChI=1S/C19H21N3O3/c1-12-10-13(6-7-16(12)22-9-3-8-20-22)18(23)21-11-14-4-2-5-15(14)17(21)19(24)25/h3,6-10,14-15,17H,2,4-5,11H2,1H3,(H,24,25)/t14-,15-,17-/m0/s1. The zero-order valence-electron chi connectivity index (χ0n) is 14.1. The second-order valence-corrected chi connectivity index (χ2v) is 7.05. The SMILES string of the molecule is Cc1cc(C(=O)N2C[C@@H]3CCC[C@@H]3[C@H]2C(=O)O)ccc1-n1cccn1. The molecule has 1 aromatic heterocycles.